The van der Waals surface area contributed by atoms with Crippen molar-refractivity contribution in [1.29, 1.82) is 0 Å². The van der Waals surface area contributed by atoms with E-state index in [1.54, 1.807) is 18.5 Å². The highest BCUT2D eigenvalue weighted by molar-refractivity contribution is 6.33. The van der Waals surface area contributed by atoms with Gasteiger partial charge in [0.1, 0.15) is 5.82 Å². The average molecular weight is 224 g/mol. The molecule has 0 fully saturated rings. The molecule has 1 aromatic heterocycles. The van der Waals surface area contributed by atoms with Crippen molar-refractivity contribution in [1.82, 2.24) is 9.97 Å². The molecule has 0 bridgehead atoms. The maximum Gasteiger partial charge on any atom is 0.270 e. The van der Waals surface area contributed by atoms with Crippen LogP contribution in [0, 0.1) is 10.1 Å². The number of H-pyrrole nitrogens is 1. The minimum Gasteiger partial charge on any atom is -0.345 e. The van der Waals surface area contributed by atoms with Gasteiger partial charge in [-0.25, -0.2) is 4.98 Å². The molecule has 5 nitrogen and oxygen atoms in total. The summed E-state index contributed by atoms with van der Waals surface area (Å²) in [6.45, 7) is 0. The zero-order chi connectivity index (χ0) is 10.8. The lowest BCUT2D eigenvalue weighted by Gasteiger charge is -1.99. The van der Waals surface area contributed by atoms with E-state index in [9.17, 15) is 10.1 Å². The molecule has 2 rings (SSSR count). The molecule has 1 aromatic carbocycles. The van der Waals surface area contributed by atoms with E-state index in [0.717, 1.165) is 0 Å². The van der Waals surface area contributed by atoms with Gasteiger partial charge in [-0.3, -0.25) is 10.1 Å². The van der Waals surface area contributed by atoms with Crippen LogP contribution in [0.3, 0.4) is 0 Å². The van der Waals surface area contributed by atoms with Crippen LogP contribution in [-0.2, 0) is 0 Å². The molecule has 0 aliphatic carbocycles. The van der Waals surface area contributed by atoms with Gasteiger partial charge < -0.3 is 4.98 Å². The summed E-state index contributed by atoms with van der Waals surface area (Å²) in [4.78, 5) is 16.9. The van der Waals surface area contributed by atoms with Gasteiger partial charge in [0.15, 0.2) is 0 Å². The quantitative estimate of drug-likeness (QED) is 0.628. The van der Waals surface area contributed by atoms with Crippen LogP contribution in [-0.4, -0.2) is 14.9 Å². The number of imidazole rings is 1. The van der Waals surface area contributed by atoms with Gasteiger partial charge in [0.2, 0.25) is 0 Å². The Bertz CT molecular complexity index is 496. The molecule has 0 amide bonds. The van der Waals surface area contributed by atoms with Crippen molar-refractivity contribution in [3.8, 4) is 11.4 Å². The minimum absolute atomic E-state index is 0.0321. The Morgan fingerprint density at radius 1 is 1.47 bits per heavy atom. The van der Waals surface area contributed by atoms with E-state index >= 15 is 0 Å². The molecule has 0 radical (unpaired) electrons. The molecule has 0 aliphatic rings. The second kappa shape index (κ2) is 3.70. The van der Waals surface area contributed by atoms with Crippen LogP contribution in [0.5, 0.6) is 0 Å². The first-order valence-electron chi connectivity index (χ1n) is 4.12. The molecule has 0 saturated heterocycles. The van der Waals surface area contributed by atoms with Crippen molar-refractivity contribution in [3.63, 3.8) is 0 Å². The van der Waals surface area contributed by atoms with E-state index in [1.807, 2.05) is 0 Å². The standard InChI is InChI=1S/C9H6ClN3O2/c10-8-5-6(13(14)15)1-2-7(8)9-11-3-4-12-9/h1-5H,(H,11,12). The van der Waals surface area contributed by atoms with Gasteiger partial charge in [-0.2, -0.15) is 0 Å². The summed E-state index contributed by atoms with van der Waals surface area (Å²) in [7, 11) is 0. The topological polar surface area (TPSA) is 71.8 Å². The minimum atomic E-state index is -0.488. The Hall–Kier alpha value is -1.88. The highest BCUT2D eigenvalue weighted by atomic mass is 35.5. The lowest BCUT2D eigenvalue weighted by Crippen LogP contribution is -1.89. The van der Waals surface area contributed by atoms with Gasteiger partial charge >= 0.3 is 0 Å². The highest BCUT2D eigenvalue weighted by Crippen LogP contribution is 2.28. The Labute approximate surface area is 89.9 Å². The fourth-order valence-corrected chi connectivity index (χ4v) is 1.49. The van der Waals surface area contributed by atoms with Gasteiger partial charge in [0.05, 0.1) is 9.95 Å². The maximum atomic E-state index is 10.5. The van der Waals surface area contributed by atoms with Crippen molar-refractivity contribution in [2.75, 3.05) is 0 Å². The third-order valence-electron chi connectivity index (χ3n) is 1.92. The summed E-state index contributed by atoms with van der Waals surface area (Å²) < 4.78 is 0. The second-order valence-electron chi connectivity index (χ2n) is 2.86. The van der Waals surface area contributed by atoms with E-state index in [-0.39, 0.29) is 5.69 Å². The zero-order valence-electron chi connectivity index (χ0n) is 7.48. The summed E-state index contributed by atoms with van der Waals surface area (Å²) in [6.07, 6.45) is 3.25. The molecule has 0 saturated carbocycles. The summed E-state index contributed by atoms with van der Waals surface area (Å²) in [6, 6.07) is 4.27. The third-order valence-corrected chi connectivity index (χ3v) is 2.23. The van der Waals surface area contributed by atoms with Crippen LogP contribution in [0.4, 0.5) is 5.69 Å². The predicted octanol–water partition coefficient (Wildman–Crippen LogP) is 2.64. The van der Waals surface area contributed by atoms with Crippen molar-refractivity contribution < 1.29 is 4.92 Å². The molecule has 0 spiro atoms. The molecule has 76 valence electrons. The van der Waals surface area contributed by atoms with Gasteiger partial charge in [-0.05, 0) is 6.07 Å². The van der Waals surface area contributed by atoms with Crippen LogP contribution in [0.1, 0.15) is 0 Å². The molecular weight excluding hydrogens is 218 g/mol. The Balaban J connectivity index is 2.48. The number of aromatic nitrogens is 2. The van der Waals surface area contributed by atoms with Crippen LogP contribution in [0.15, 0.2) is 30.6 Å². The van der Waals surface area contributed by atoms with Crippen LogP contribution >= 0.6 is 11.6 Å². The molecule has 1 heterocycles. The normalized spacial score (nSPS) is 10.2. The number of aromatic amines is 1. The van der Waals surface area contributed by atoms with Crippen molar-refractivity contribution in [3.05, 3.63) is 45.7 Å². The lowest BCUT2D eigenvalue weighted by molar-refractivity contribution is -0.384. The first kappa shape index (κ1) is 9.67. The monoisotopic (exact) mass is 223 g/mol. The summed E-state index contributed by atoms with van der Waals surface area (Å²) in [5, 5.41) is 10.8. The molecular formula is C9H6ClN3O2. The zero-order valence-corrected chi connectivity index (χ0v) is 8.23. The van der Waals surface area contributed by atoms with E-state index in [2.05, 4.69) is 9.97 Å². The number of nitro groups is 1. The van der Waals surface area contributed by atoms with Gasteiger partial charge in [-0.1, -0.05) is 11.6 Å². The number of nitrogens with one attached hydrogen (secondary N) is 1. The summed E-state index contributed by atoms with van der Waals surface area (Å²) in [5.41, 5.74) is 0.613. The predicted molar refractivity (Wildman–Crippen MR) is 55.7 cm³/mol. The van der Waals surface area contributed by atoms with E-state index in [0.29, 0.717) is 16.4 Å². The SMILES string of the molecule is O=[N+]([O-])c1ccc(-c2ncc[nH]2)c(Cl)c1. The van der Waals surface area contributed by atoms with E-state index in [1.165, 1.54) is 12.1 Å². The maximum absolute atomic E-state index is 10.5. The molecule has 0 unspecified atom stereocenters. The number of rotatable bonds is 2. The van der Waals surface area contributed by atoms with Crippen molar-refractivity contribution in [2.24, 2.45) is 0 Å². The van der Waals surface area contributed by atoms with Gasteiger partial charge in [0.25, 0.3) is 5.69 Å². The largest absolute Gasteiger partial charge is 0.345 e. The lowest BCUT2D eigenvalue weighted by atomic mass is 10.2. The van der Waals surface area contributed by atoms with Gasteiger partial charge in [-0.15, -0.1) is 0 Å². The molecule has 1 N–H and O–H groups in total. The number of benzene rings is 1. The van der Waals surface area contributed by atoms with Crippen LogP contribution in [0.2, 0.25) is 5.02 Å². The average Bonchev–Trinajstić information content (AvgIpc) is 2.70. The molecule has 0 aliphatic heterocycles. The Morgan fingerprint density at radius 3 is 2.80 bits per heavy atom. The first-order valence-corrected chi connectivity index (χ1v) is 4.50. The fourth-order valence-electron chi connectivity index (χ4n) is 1.22. The van der Waals surface area contributed by atoms with Crippen LogP contribution in [0.25, 0.3) is 11.4 Å². The van der Waals surface area contributed by atoms with Crippen LogP contribution < -0.4 is 0 Å². The van der Waals surface area contributed by atoms with Crippen molar-refractivity contribution >= 4 is 17.3 Å². The number of halogens is 1. The highest BCUT2D eigenvalue weighted by Gasteiger charge is 2.11. The van der Waals surface area contributed by atoms with Gasteiger partial charge in [0, 0.05) is 30.1 Å². The Kier molecular flexibility index (Phi) is 2.39. The number of nitrogens with zero attached hydrogens (tertiary/aromatic N) is 2. The number of hydrogen-bond acceptors (Lipinski definition) is 3. The number of hydrogen-bond donors (Lipinski definition) is 1. The molecule has 15 heavy (non-hydrogen) atoms. The molecule has 0 atom stereocenters. The summed E-state index contributed by atoms with van der Waals surface area (Å²) in [5.74, 6) is 0.592. The second-order valence-corrected chi connectivity index (χ2v) is 3.27. The number of nitro benzene ring substituents is 1. The van der Waals surface area contributed by atoms with E-state index < -0.39 is 4.92 Å². The Morgan fingerprint density at radius 2 is 2.27 bits per heavy atom. The summed E-state index contributed by atoms with van der Waals surface area (Å²) >= 11 is 5.90. The first-order chi connectivity index (χ1) is 7.18. The van der Waals surface area contributed by atoms with Crippen molar-refractivity contribution in [2.45, 2.75) is 0 Å². The number of non-ortho nitro benzene ring substituents is 1. The molecule has 2 aromatic rings. The third kappa shape index (κ3) is 1.82. The smallest absolute Gasteiger partial charge is 0.270 e. The molecule has 6 heteroatoms. The van der Waals surface area contributed by atoms with E-state index in [4.69, 9.17) is 11.6 Å². The fraction of sp³-hybridized carbons (Fsp3) is 0.